The third kappa shape index (κ3) is 3.23. The lowest BCUT2D eigenvalue weighted by molar-refractivity contribution is 0.0996. The molecule has 4 aromatic rings. The summed E-state index contributed by atoms with van der Waals surface area (Å²) in [5.74, 6) is -0.165. The number of aryl methyl sites for hydroxylation is 2. The van der Waals surface area contributed by atoms with E-state index in [0.717, 1.165) is 15.3 Å². The number of nitrogens with zero attached hydrogens (tertiary/aromatic N) is 2. The molecule has 28 heavy (non-hydrogen) atoms. The topological polar surface area (TPSA) is 69.2 Å². The van der Waals surface area contributed by atoms with Gasteiger partial charge in [-0.2, -0.15) is 0 Å². The van der Waals surface area contributed by atoms with Gasteiger partial charge >= 0.3 is 5.69 Å². The number of halogens is 1. The Kier molecular flexibility index (Phi) is 4.78. The molecule has 142 valence electrons. The number of anilines is 1. The normalized spacial score (nSPS) is 11.1. The average molecular weight is 414 g/mol. The number of rotatable bonds is 4. The first-order valence-electron chi connectivity index (χ1n) is 8.42. The lowest BCUT2D eigenvalue weighted by Crippen LogP contribution is -2.19. The van der Waals surface area contributed by atoms with E-state index in [4.69, 9.17) is 16.0 Å². The van der Waals surface area contributed by atoms with Gasteiger partial charge in [-0.25, -0.2) is 4.79 Å². The van der Waals surface area contributed by atoms with E-state index in [9.17, 15) is 9.59 Å². The van der Waals surface area contributed by atoms with Crippen molar-refractivity contribution in [3.8, 4) is 0 Å². The lowest BCUT2D eigenvalue weighted by atomic mass is 10.2. The van der Waals surface area contributed by atoms with Crippen LogP contribution in [-0.2, 0) is 14.1 Å². The van der Waals surface area contributed by atoms with Crippen molar-refractivity contribution in [1.29, 1.82) is 0 Å². The van der Waals surface area contributed by atoms with Crippen LogP contribution < -0.4 is 11.0 Å². The molecule has 0 aliphatic heterocycles. The van der Waals surface area contributed by atoms with Gasteiger partial charge in [-0.05, 0) is 36.4 Å². The van der Waals surface area contributed by atoms with Gasteiger partial charge in [0.1, 0.15) is 0 Å². The number of nitrogens with one attached hydrogen (secondary N) is 1. The molecule has 0 aliphatic carbocycles. The first-order chi connectivity index (χ1) is 13.5. The molecular formula is C20H16ClN3O3S. The van der Waals surface area contributed by atoms with Crippen LogP contribution in [0.5, 0.6) is 0 Å². The highest BCUT2D eigenvalue weighted by Crippen LogP contribution is 2.39. The summed E-state index contributed by atoms with van der Waals surface area (Å²) in [7, 11) is 3.42. The van der Waals surface area contributed by atoms with Crippen molar-refractivity contribution in [2.24, 2.45) is 14.1 Å². The first-order valence-corrected chi connectivity index (χ1v) is 9.62. The van der Waals surface area contributed by atoms with Gasteiger partial charge in [0, 0.05) is 23.9 Å². The van der Waals surface area contributed by atoms with Crippen molar-refractivity contribution in [3.63, 3.8) is 0 Å². The van der Waals surface area contributed by atoms with Crippen LogP contribution in [0.15, 0.2) is 73.8 Å². The Labute approximate surface area is 169 Å². The Morgan fingerprint density at radius 3 is 2.43 bits per heavy atom. The van der Waals surface area contributed by atoms with E-state index >= 15 is 0 Å². The molecular weight excluding hydrogens is 398 g/mol. The van der Waals surface area contributed by atoms with E-state index in [-0.39, 0.29) is 17.4 Å². The quantitative estimate of drug-likeness (QED) is 0.533. The van der Waals surface area contributed by atoms with Gasteiger partial charge < -0.3 is 9.73 Å². The van der Waals surface area contributed by atoms with E-state index in [1.807, 2.05) is 30.3 Å². The molecule has 0 bridgehead atoms. The van der Waals surface area contributed by atoms with Crippen molar-refractivity contribution < 1.29 is 9.21 Å². The summed E-state index contributed by atoms with van der Waals surface area (Å²) in [6.07, 6.45) is 1.44. The fourth-order valence-electron chi connectivity index (χ4n) is 2.95. The van der Waals surface area contributed by atoms with Crippen LogP contribution in [0.25, 0.3) is 11.0 Å². The van der Waals surface area contributed by atoms with Gasteiger partial charge in [0.25, 0.3) is 5.91 Å². The summed E-state index contributed by atoms with van der Waals surface area (Å²) < 4.78 is 8.30. The molecule has 2 aromatic heterocycles. The fourth-order valence-corrected chi connectivity index (χ4v) is 4.14. The summed E-state index contributed by atoms with van der Waals surface area (Å²) in [5, 5.41) is 3.49. The monoisotopic (exact) mass is 413 g/mol. The highest BCUT2D eigenvalue weighted by molar-refractivity contribution is 7.99. The van der Waals surface area contributed by atoms with Gasteiger partial charge in [-0.1, -0.05) is 35.5 Å². The molecule has 6 nitrogen and oxygen atoms in total. The first kappa shape index (κ1) is 18.5. The second-order valence-electron chi connectivity index (χ2n) is 6.20. The molecule has 0 saturated heterocycles. The Hall–Kier alpha value is -2.90. The molecule has 0 atom stereocenters. The number of hydrogen-bond donors (Lipinski definition) is 1. The highest BCUT2D eigenvalue weighted by atomic mass is 35.5. The predicted molar refractivity (Wildman–Crippen MR) is 110 cm³/mol. The van der Waals surface area contributed by atoms with Crippen LogP contribution in [0.4, 0.5) is 5.69 Å². The van der Waals surface area contributed by atoms with Crippen LogP contribution in [-0.4, -0.2) is 15.0 Å². The number of benzene rings is 2. The maximum absolute atomic E-state index is 12.5. The molecule has 0 fully saturated rings. The van der Waals surface area contributed by atoms with Crippen molar-refractivity contribution in [1.82, 2.24) is 9.13 Å². The van der Waals surface area contributed by atoms with E-state index < -0.39 is 0 Å². The zero-order valence-corrected chi connectivity index (χ0v) is 16.7. The van der Waals surface area contributed by atoms with E-state index in [2.05, 4.69) is 5.32 Å². The van der Waals surface area contributed by atoms with Crippen molar-refractivity contribution >= 4 is 46.0 Å². The smallest absolute Gasteiger partial charge is 0.328 e. The molecule has 0 radical (unpaired) electrons. The predicted octanol–water partition coefficient (Wildman–Crippen LogP) is 4.53. The van der Waals surface area contributed by atoms with Crippen LogP contribution in [0.3, 0.4) is 0 Å². The minimum absolute atomic E-state index is 0.141. The second-order valence-corrected chi connectivity index (χ2v) is 7.69. The summed E-state index contributed by atoms with van der Waals surface area (Å²) in [5.41, 5.74) is 1.90. The Morgan fingerprint density at radius 1 is 1.04 bits per heavy atom. The standard InChI is InChI=1S/C20H16ClN3O3S/c1-23-14-10-13(22-19(25)16-7-5-9-27-16)18(11-15(14)24(2)20(23)26)28-17-8-4-3-6-12(17)21/h3-11H,1-2H3,(H,22,25). The van der Waals surface area contributed by atoms with Crippen LogP contribution in [0.2, 0.25) is 5.02 Å². The number of imidazole rings is 1. The number of amides is 1. The summed E-state index contributed by atoms with van der Waals surface area (Å²) in [4.78, 5) is 26.5. The van der Waals surface area contributed by atoms with Gasteiger partial charge in [0.2, 0.25) is 0 Å². The maximum Gasteiger partial charge on any atom is 0.328 e. The Balaban J connectivity index is 1.85. The number of furan rings is 1. The molecule has 0 unspecified atom stereocenters. The second kappa shape index (κ2) is 7.26. The highest BCUT2D eigenvalue weighted by Gasteiger charge is 2.17. The van der Waals surface area contributed by atoms with Gasteiger partial charge in [0.15, 0.2) is 5.76 Å². The minimum Gasteiger partial charge on any atom is -0.459 e. The Morgan fingerprint density at radius 2 is 1.75 bits per heavy atom. The average Bonchev–Trinajstić information content (AvgIpc) is 3.29. The van der Waals surface area contributed by atoms with Gasteiger partial charge in [-0.3, -0.25) is 13.9 Å². The molecule has 4 rings (SSSR count). The SMILES string of the molecule is Cn1c(=O)n(C)c2cc(Sc3ccccc3Cl)c(NC(=O)c3ccco3)cc21. The lowest BCUT2D eigenvalue weighted by Gasteiger charge is -2.12. The largest absolute Gasteiger partial charge is 0.459 e. The third-order valence-corrected chi connectivity index (χ3v) is 6.00. The minimum atomic E-state index is -0.369. The zero-order chi connectivity index (χ0) is 19.8. The van der Waals surface area contributed by atoms with Crippen molar-refractivity contribution in [2.45, 2.75) is 9.79 Å². The van der Waals surface area contributed by atoms with Crippen LogP contribution in [0.1, 0.15) is 10.6 Å². The molecule has 2 aromatic carbocycles. The zero-order valence-electron chi connectivity index (χ0n) is 15.1. The van der Waals surface area contributed by atoms with Crippen LogP contribution in [0, 0.1) is 0 Å². The maximum atomic E-state index is 12.5. The summed E-state index contributed by atoms with van der Waals surface area (Å²) >= 11 is 7.73. The molecule has 2 heterocycles. The number of hydrogen-bond acceptors (Lipinski definition) is 4. The fraction of sp³-hybridized carbons (Fsp3) is 0.100. The van der Waals surface area contributed by atoms with E-state index in [0.29, 0.717) is 16.2 Å². The number of aromatic nitrogens is 2. The van der Waals surface area contributed by atoms with Gasteiger partial charge in [0.05, 0.1) is 28.0 Å². The van der Waals surface area contributed by atoms with Crippen LogP contribution >= 0.6 is 23.4 Å². The molecule has 0 aliphatic rings. The summed E-state index contributed by atoms with van der Waals surface area (Å²) in [6.45, 7) is 0. The number of carbonyl (C=O) groups excluding carboxylic acids is 1. The Bertz CT molecular complexity index is 1240. The number of fused-ring (bicyclic) bond motifs is 1. The van der Waals surface area contributed by atoms with Crippen molar-refractivity contribution in [2.75, 3.05) is 5.32 Å². The molecule has 1 amide bonds. The van der Waals surface area contributed by atoms with Crippen molar-refractivity contribution in [3.05, 3.63) is 76.1 Å². The molecule has 1 N–H and O–H groups in total. The molecule has 0 saturated carbocycles. The number of carbonyl (C=O) groups is 1. The van der Waals surface area contributed by atoms with E-state index in [1.54, 1.807) is 41.4 Å². The van der Waals surface area contributed by atoms with Gasteiger partial charge in [-0.15, -0.1) is 0 Å². The van der Waals surface area contributed by atoms with E-state index in [1.165, 1.54) is 18.0 Å². The third-order valence-electron chi connectivity index (χ3n) is 4.42. The summed E-state index contributed by atoms with van der Waals surface area (Å²) in [6, 6.07) is 14.4. The molecule has 0 spiro atoms. The molecule has 8 heteroatoms.